The zero-order valence-corrected chi connectivity index (χ0v) is 31.1. The Morgan fingerprint density at radius 2 is 1.57 bits per heavy atom. The van der Waals surface area contributed by atoms with Gasteiger partial charge in [-0.05, 0) is 54.3 Å². The minimum atomic E-state index is -0.782. The molecule has 0 radical (unpaired) electrons. The molecule has 0 spiro atoms. The Morgan fingerprint density at radius 1 is 0.887 bits per heavy atom. The molecule has 4 aromatic rings. The van der Waals surface area contributed by atoms with Gasteiger partial charge in [0.05, 0.1) is 31.3 Å². The summed E-state index contributed by atoms with van der Waals surface area (Å²) in [5.74, 6) is 0.140. The average molecular weight is 726 g/mol. The largest absolute Gasteiger partial charge is 0.492 e. The van der Waals surface area contributed by atoms with Crippen LogP contribution in [0, 0.1) is 0 Å². The van der Waals surface area contributed by atoms with Crippen LogP contribution in [-0.4, -0.2) is 84.7 Å². The van der Waals surface area contributed by atoms with E-state index in [4.69, 9.17) is 19.9 Å². The Kier molecular flexibility index (Phi) is 11.7. The predicted molar refractivity (Wildman–Crippen MR) is 204 cm³/mol. The molecule has 5 amide bonds. The number of nitrogens with zero attached hydrogens (tertiary/aromatic N) is 3. The van der Waals surface area contributed by atoms with Gasteiger partial charge < -0.3 is 35.5 Å². The molecule has 5 N–H and O–H groups in total. The number of benzene rings is 3. The van der Waals surface area contributed by atoms with Crippen molar-refractivity contribution < 1.29 is 33.4 Å². The fraction of sp³-hybridized carbons (Fsp3) is 0.359. The summed E-state index contributed by atoms with van der Waals surface area (Å²) >= 11 is 0. The van der Waals surface area contributed by atoms with E-state index in [1.54, 1.807) is 36.4 Å². The number of carbonyl (C=O) groups excluding carboxylic acids is 4. The number of anilines is 3. The van der Waals surface area contributed by atoms with E-state index in [0.29, 0.717) is 58.8 Å². The highest BCUT2D eigenvalue weighted by atomic mass is 16.5. The van der Waals surface area contributed by atoms with Crippen molar-refractivity contribution in [2.75, 3.05) is 49.8 Å². The summed E-state index contributed by atoms with van der Waals surface area (Å²) in [6, 6.07) is 16.1. The third-order valence-corrected chi connectivity index (χ3v) is 9.31. The number of nitrogens with one attached hydrogen (secondary N) is 3. The van der Waals surface area contributed by atoms with E-state index in [2.05, 4.69) is 25.8 Å². The van der Waals surface area contributed by atoms with Crippen LogP contribution in [0.2, 0.25) is 0 Å². The van der Waals surface area contributed by atoms with Gasteiger partial charge in [-0.15, -0.1) is 0 Å². The van der Waals surface area contributed by atoms with Crippen LogP contribution in [0.5, 0.6) is 17.2 Å². The summed E-state index contributed by atoms with van der Waals surface area (Å²) in [5.41, 5.74) is 7.65. The average Bonchev–Trinajstić information content (AvgIpc) is 3.14. The first kappa shape index (κ1) is 38.3. The van der Waals surface area contributed by atoms with E-state index < -0.39 is 30.0 Å². The van der Waals surface area contributed by atoms with Gasteiger partial charge >= 0.3 is 12.1 Å². The maximum atomic E-state index is 13.8. The number of ether oxygens (including phenoxy) is 3. The van der Waals surface area contributed by atoms with Gasteiger partial charge in [-0.1, -0.05) is 58.9 Å². The number of piperazine rings is 1. The molecule has 3 aromatic carbocycles. The van der Waals surface area contributed by atoms with E-state index in [-0.39, 0.29) is 22.9 Å². The first-order valence-electron chi connectivity index (χ1n) is 17.4. The number of nitrogens with two attached hydrogens (primary N) is 1. The van der Waals surface area contributed by atoms with Gasteiger partial charge in [-0.2, -0.15) is 0 Å². The highest BCUT2D eigenvalue weighted by Crippen LogP contribution is 2.39. The Hall–Kier alpha value is -5.89. The number of pyridine rings is 1. The number of amides is 5. The van der Waals surface area contributed by atoms with Crippen LogP contribution >= 0.6 is 0 Å². The molecule has 0 bridgehead atoms. The summed E-state index contributed by atoms with van der Waals surface area (Å²) in [5, 5.41) is 9.84. The van der Waals surface area contributed by atoms with Gasteiger partial charge in [-0.3, -0.25) is 24.8 Å². The van der Waals surface area contributed by atoms with Crippen LogP contribution in [0.3, 0.4) is 0 Å². The van der Waals surface area contributed by atoms with Crippen LogP contribution in [0.25, 0.3) is 10.8 Å². The van der Waals surface area contributed by atoms with Gasteiger partial charge in [0.1, 0.15) is 23.2 Å². The van der Waals surface area contributed by atoms with Crippen LogP contribution in [0.1, 0.15) is 57.1 Å². The lowest BCUT2D eigenvalue weighted by atomic mass is 9.86. The maximum Gasteiger partial charge on any atom is 0.411 e. The lowest BCUT2D eigenvalue weighted by Gasteiger charge is -2.45. The van der Waals surface area contributed by atoms with Crippen molar-refractivity contribution in [3.8, 4) is 17.2 Å². The van der Waals surface area contributed by atoms with Gasteiger partial charge in [-0.25, -0.2) is 9.59 Å². The quantitative estimate of drug-likeness (QED) is 0.141. The molecule has 14 nitrogen and oxygen atoms in total. The summed E-state index contributed by atoms with van der Waals surface area (Å²) in [4.78, 5) is 59.9. The number of aromatic nitrogens is 1. The molecule has 2 unspecified atom stereocenters. The molecule has 280 valence electrons. The Labute approximate surface area is 309 Å². The molecule has 1 aliphatic rings. The Bertz CT molecular complexity index is 2010. The van der Waals surface area contributed by atoms with Gasteiger partial charge in [0.25, 0.3) is 5.91 Å². The molecule has 2 atom stereocenters. The third kappa shape index (κ3) is 8.44. The maximum absolute atomic E-state index is 13.8. The van der Waals surface area contributed by atoms with Crippen molar-refractivity contribution >= 4 is 51.8 Å². The molecule has 1 saturated heterocycles. The van der Waals surface area contributed by atoms with Crippen molar-refractivity contribution in [2.45, 2.75) is 58.5 Å². The normalized spacial score (nSPS) is 16.1. The number of carbonyl (C=O) groups is 4. The van der Waals surface area contributed by atoms with E-state index in [1.807, 2.05) is 58.9 Å². The summed E-state index contributed by atoms with van der Waals surface area (Å²) in [7, 11) is 2.70. The molecule has 1 aliphatic heterocycles. The smallest absolute Gasteiger partial charge is 0.411 e. The molecule has 2 heterocycles. The molecular weight excluding hydrogens is 678 g/mol. The zero-order chi connectivity index (χ0) is 38.4. The van der Waals surface area contributed by atoms with Crippen molar-refractivity contribution in [1.82, 2.24) is 14.8 Å². The molecule has 0 saturated carbocycles. The summed E-state index contributed by atoms with van der Waals surface area (Å²) in [6.07, 6.45) is 1.47. The zero-order valence-electron chi connectivity index (χ0n) is 31.1. The number of rotatable bonds is 10. The van der Waals surface area contributed by atoms with Crippen LogP contribution < -0.4 is 31.2 Å². The first-order chi connectivity index (χ1) is 25.3. The standard InChI is InChI=1S/C39H47N7O7/c1-8-31-33(35(40)47)46(19-18-45(31)9-2)36(48)30-22-24(16-17-41-30)53-32-15-14-27(25-12-10-11-13-26(25)32)42-37(49)43-28-20-23(39(3,4)5)21-29(34(28)51-6)44-38(50)52-7/h10-17,20-22,31,33H,8-9,18-19H2,1-7H3,(H2,40,47)(H,44,50)(H2,42,43,49). The van der Waals surface area contributed by atoms with Gasteiger partial charge in [0.2, 0.25) is 5.91 Å². The second-order valence-electron chi connectivity index (χ2n) is 13.6. The number of primary amides is 1. The number of urea groups is 1. The van der Waals surface area contributed by atoms with Crippen molar-refractivity contribution in [2.24, 2.45) is 5.73 Å². The highest BCUT2D eigenvalue weighted by molar-refractivity contribution is 6.08. The topological polar surface area (TPSA) is 177 Å². The van der Waals surface area contributed by atoms with Crippen molar-refractivity contribution in [1.29, 1.82) is 0 Å². The van der Waals surface area contributed by atoms with Crippen molar-refractivity contribution in [3.05, 3.63) is 78.1 Å². The molecule has 1 aromatic heterocycles. The summed E-state index contributed by atoms with van der Waals surface area (Å²) in [6.45, 7) is 11.7. The molecule has 14 heteroatoms. The van der Waals surface area contributed by atoms with Crippen molar-refractivity contribution in [3.63, 3.8) is 0 Å². The fourth-order valence-corrected chi connectivity index (χ4v) is 6.63. The Morgan fingerprint density at radius 3 is 2.19 bits per heavy atom. The number of hydrogen-bond acceptors (Lipinski definition) is 9. The minimum Gasteiger partial charge on any atom is -0.492 e. The van der Waals surface area contributed by atoms with E-state index in [9.17, 15) is 19.2 Å². The summed E-state index contributed by atoms with van der Waals surface area (Å²) < 4.78 is 16.7. The van der Waals surface area contributed by atoms with E-state index >= 15 is 0 Å². The minimum absolute atomic E-state index is 0.128. The fourth-order valence-electron chi connectivity index (χ4n) is 6.63. The highest BCUT2D eigenvalue weighted by Gasteiger charge is 2.41. The number of methoxy groups -OCH3 is 2. The number of likely N-dealkylation sites (N-methyl/N-ethyl adjacent to an activating group) is 1. The number of fused-ring (bicyclic) bond motifs is 1. The van der Waals surface area contributed by atoms with Crippen LogP contribution in [0.4, 0.5) is 26.7 Å². The molecule has 0 aliphatic carbocycles. The SMILES string of the molecule is CCC1C(C(N)=O)N(C(=O)c2cc(Oc3ccc(NC(=O)Nc4cc(C(C)(C)C)cc(NC(=O)OC)c4OC)c4ccccc34)ccn2)CCN1CC. The predicted octanol–water partition coefficient (Wildman–Crippen LogP) is 6.57. The lowest BCUT2D eigenvalue weighted by Crippen LogP contribution is -2.65. The molecule has 1 fully saturated rings. The van der Waals surface area contributed by atoms with E-state index in [1.165, 1.54) is 25.3 Å². The Balaban J connectivity index is 1.39. The van der Waals surface area contributed by atoms with Crippen LogP contribution in [0.15, 0.2) is 66.9 Å². The first-order valence-corrected chi connectivity index (χ1v) is 17.4. The molecule has 53 heavy (non-hydrogen) atoms. The molecule has 5 rings (SSSR count). The second-order valence-corrected chi connectivity index (χ2v) is 13.6. The van der Waals surface area contributed by atoms with E-state index in [0.717, 1.165) is 12.1 Å². The lowest BCUT2D eigenvalue weighted by molar-refractivity contribution is -0.127. The second kappa shape index (κ2) is 16.2. The van der Waals surface area contributed by atoms with Crippen LogP contribution in [-0.2, 0) is 14.9 Å². The van der Waals surface area contributed by atoms with Gasteiger partial charge in [0.15, 0.2) is 5.75 Å². The monoisotopic (exact) mass is 725 g/mol. The molecular formula is C39H47N7O7. The van der Waals surface area contributed by atoms with Gasteiger partial charge in [0, 0.05) is 42.2 Å². The number of hydrogen-bond donors (Lipinski definition) is 4. The third-order valence-electron chi connectivity index (χ3n) is 9.31.